The first kappa shape index (κ1) is 15.5. The quantitative estimate of drug-likeness (QED) is 0.579. The van der Waals surface area contributed by atoms with E-state index < -0.39 is 10.8 Å². The van der Waals surface area contributed by atoms with Gasteiger partial charge < -0.3 is 14.5 Å². The first-order valence-electron chi connectivity index (χ1n) is 7.12. The number of hydrogen-bond donors (Lipinski definition) is 1. The van der Waals surface area contributed by atoms with Gasteiger partial charge in [-0.05, 0) is 31.2 Å². The number of carbonyl (C=O) groups excluding carboxylic acids is 1. The number of benzene rings is 2. The van der Waals surface area contributed by atoms with E-state index in [9.17, 15) is 14.9 Å². The molecule has 122 valence electrons. The minimum absolute atomic E-state index is 0.00136. The smallest absolute Gasteiger partial charge is 0.291 e. The van der Waals surface area contributed by atoms with E-state index >= 15 is 0 Å². The zero-order chi connectivity index (χ0) is 17.3. The lowest BCUT2D eigenvalue weighted by Gasteiger charge is -2.04. The van der Waals surface area contributed by atoms with Gasteiger partial charge in [0, 0.05) is 22.7 Å². The molecule has 0 aliphatic rings. The van der Waals surface area contributed by atoms with Crippen LogP contribution in [0.15, 0.2) is 46.9 Å². The topological polar surface area (TPSA) is 94.6 Å². The van der Waals surface area contributed by atoms with Gasteiger partial charge in [-0.15, -0.1) is 0 Å². The zero-order valence-electron chi connectivity index (χ0n) is 13.0. The lowest BCUT2D eigenvalue weighted by Crippen LogP contribution is -2.11. The number of furan rings is 1. The van der Waals surface area contributed by atoms with Crippen LogP contribution in [0.3, 0.4) is 0 Å². The maximum Gasteiger partial charge on any atom is 0.291 e. The number of aryl methyl sites for hydroxylation is 1. The highest BCUT2D eigenvalue weighted by molar-refractivity contribution is 6.05. The van der Waals surface area contributed by atoms with Crippen molar-refractivity contribution in [3.05, 3.63) is 63.9 Å². The molecule has 0 atom stereocenters. The molecule has 1 amide bonds. The Morgan fingerprint density at radius 3 is 2.71 bits per heavy atom. The van der Waals surface area contributed by atoms with E-state index in [0.29, 0.717) is 22.6 Å². The number of carbonyl (C=O) groups is 1. The van der Waals surface area contributed by atoms with E-state index in [2.05, 4.69) is 5.32 Å². The summed E-state index contributed by atoms with van der Waals surface area (Å²) >= 11 is 0. The number of anilines is 1. The molecule has 7 nitrogen and oxygen atoms in total. The lowest BCUT2D eigenvalue weighted by molar-refractivity contribution is -0.385. The van der Waals surface area contributed by atoms with Crippen molar-refractivity contribution in [3.63, 3.8) is 0 Å². The largest absolute Gasteiger partial charge is 0.493 e. The number of nitro benzene ring substituents is 1. The molecule has 0 spiro atoms. The van der Waals surface area contributed by atoms with Crippen molar-refractivity contribution in [2.24, 2.45) is 0 Å². The maximum atomic E-state index is 12.3. The number of methoxy groups -OCH3 is 1. The van der Waals surface area contributed by atoms with Crippen molar-refractivity contribution in [1.29, 1.82) is 0 Å². The van der Waals surface area contributed by atoms with Crippen LogP contribution in [0, 0.1) is 17.0 Å². The standard InChI is InChI=1S/C17H14N2O5/c1-10-8-12(6-7-13(10)19(21)22)18-17(20)15-9-11-4-3-5-14(23-2)16(11)24-15/h3-9H,1-2H3,(H,18,20). The average molecular weight is 326 g/mol. The summed E-state index contributed by atoms with van der Waals surface area (Å²) in [6, 6.07) is 11.4. The molecule has 0 unspecified atom stereocenters. The average Bonchev–Trinajstić information content (AvgIpc) is 2.98. The number of hydrogen-bond acceptors (Lipinski definition) is 5. The molecule has 0 bridgehead atoms. The van der Waals surface area contributed by atoms with Crippen LogP contribution in [0.25, 0.3) is 11.0 Å². The van der Waals surface area contributed by atoms with Gasteiger partial charge in [0.25, 0.3) is 11.6 Å². The number of para-hydroxylation sites is 1. The second-order valence-corrected chi connectivity index (χ2v) is 5.20. The Labute approximate surface area is 137 Å². The molecule has 1 aromatic heterocycles. The third kappa shape index (κ3) is 2.79. The Morgan fingerprint density at radius 2 is 2.04 bits per heavy atom. The van der Waals surface area contributed by atoms with Gasteiger partial charge >= 0.3 is 0 Å². The molecule has 0 fully saturated rings. The second kappa shape index (κ2) is 6.04. The Balaban J connectivity index is 1.87. The molecule has 0 aliphatic heterocycles. The summed E-state index contributed by atoms with van der Waals surface area (Å²) in [6.07, 6.45) is 0. The van der Waals surface area contributed by atoms with E-state index in [4.69, 9.17) is 9.15 Å². The van der Waals surface area contributed by atoms with Crippen LogP contribution in [0.2, 0.25) is 0 Å². The Hall–Kier alpha value is -3.35. The minimum Gasteiger partial charge on any atom is -0.493 e. The van der Waals surface area contributed by atoms with E-state index in [1.54, 1.807) is 31.2 Å². The third-order valence-electron chi connectivity index (χ3n) is 3.60. The van der Waals surface area contributed by atoms with Crippen molar-refractivity contribution in [3.8, 4) is 5.75 Å². The summed E-state index contributed by atoms with van der Waals surface area (Å²) < 4.78 is 10.8. The SMILES string of the molecule is COc1cccc2cc(C(=O)Nc3ccc([N+](=O)[O-])c(C)c3)oc12. The minimum atomic E-state index is -0.466. The van der Waals surface area contributed by atoms with E-state index in [-0.39, 0.29) is 11.4 Å². The van der Waals surface area contributed by atoms with Crippen LogP contribution in [0.4, 0.5) is 11.4 Å². The van der Waals surface area contributed by atoms with Crippen LogP contribution in [-0.2, 0) is 0 Å². The van der Waals surface area contributed by atoms with Crippen LogP contribution in [-0.4, -0.2) is 17.9 Å². The number of nitrogens with one attached hydrogen (secondary N) is 1. The lowest BCUT2D eigenvalue weighted by atomic mass is 10.2. The van der Waals surface area contributed by atoms with Gasteiger partial charge in [-0.1, -0.05) is 12.1 Å². The maximum absolute atomic E-state index is 12.3. The summed E-state index contributed by atoms with van der Waals surface area (Å²) in [4.78, 5) is 22.7. The second-order valence-electron chi connectivity index (χ2n) is 5.20. The van der Waals surface area contributed by atoms with Crippen molar-refractivity contribution < 1.29 is 18.9 Å². The van der Waals surface area contributed by atoms with Crippen LogP contribution < -0.4 is 10.1 Å². The van der Waals surface area contributed by atoms with E-state index in [1.807, 2.05) is 6.07 Å². The van der Waals surface area contributed by atoms with Gasteiger partial charge in [0.05, 0.1) is 12.0 Å². The van der Waals surface area contributed by atoms with Gasteiger partial charge in [0.15, 0.2) is 17.1 Å². The van der Waals surface area contributed by atoms with Crippen LogP contribution in [0.5, 0.6) is 5.75 Å². The Morgan fingerprint density at radius 1 is 1.25 bits per heavy atom. The first-order chi connectivity index (χ1) is 11.5. The predicted molar refractivity (Wildman–Crippen MR) is 88.6 cm³/mol. The molecule has 0 saturated heterocycles. The third-order valence-corrected chi connectivity index (χ3v) is 3.60. The molecule has 0 aliphatic carbocycles. The number of ether oxygens (including phenoxy) is 1. The molecule has 0 saturated carbocycles. The van der Waals surface area contributed by atoms with Crippen molar-refractivity contribution in [2.45, 2.75) is 6.92 Å². The highest BCUT2D eigenvalue weighted by atomic mass is 16.6. The number of rotatable bonds is 4. The Bertz CT molecular complexity index is 945. The summed E-state index contributed by atoms with van der Waals surface area (Å²) in [6.45, 7) is 1.61. The van der Waals surface area contributed by atoms with E-state index in [1.165, 1.54) is 19.2 Å². The van der Waals surface area contributed by atoms with Gasteiger partial charge in [0.2, 0.25) is 0 Å². The highest BCUT2D eigenvalue weighted by Gasteiger charge is 2.16. The number of nitrogens with zero attached hydrogens (tertiary/aromatic N) is 1. The molecule has 1 heterocycles. The van der Waals surface area contributed by atoms with Crippen LogP contribution in [0.1, 0.15) is 16.1 Å². The number of fused-ring (bicyclic) bond motifs is 1. The fourth-order valence-corrected chi connectivity index (χ4v) is 2.44. The molecule has 2 aromatic carbocycles. The van der Waals surface area contributed by atoms with Gasteiger partial charge in [-0.25, -0.2) is 0 Å². The van der Waals surface area contributed by atoms with Crippen molar-refractivity contribution in [2.75, 3.05) is 12.4 Å². The predicted octanol–water partition coefficient (Wildman–Crippen LogP) is 3.91. The van der Waals surface area contributed by atoms with Crippen LogP contribution >= 0.6 is 0 Å². The molecule has 0 radical (unpaired) electrons. The fraction of sp³-hybridized carbons (Fsp3) is 0.118. The highest BCUT2D eigenvalue weighted by Crippen LogP contribution is 2.29. The molecular formula is C17H14N2O5. The van der Waals surface area contributed by atoms with Gasteiger partial charge in [0.1, 0.15) is 0 Å². The molecule has 1 N–H and O–H groups in total. The summed E-state index contributed by atoms with van der Waals surface area (Å²) in [7, 11) is 1.52. The number of amides is 1. The first-order valence-corrected chi connectivity index (χ1v) is 7.12. The fourth-order valence-electron chi connectivity index (χ4n) is 2.44. The van der Waals surface area contributed by atoms with Crippen molar-refractivity contribution in [1.82, 2.24) is 0 Å². The molecule has 3 aromatic rings. The molecule has 3 rings (SSSR count). The van der Waals surface area contributed by atoms with Gasteiger partial charge in [-0.2, -0.15) is 0 Å². The summed E-state index contributed by atoms with van der Waals surface area (Å²) in [5.74, 6) is 0.227. The van der Waals surface area contributed by atoms with Crippen molar-refractivity contribution >= 4 is 28.3 Å². The normalized spacial score (nSPS) is 10.6. The summed E-state index contributed by atoms with van der Waals surface area (Å²) in [5.41, 5.74) is 1.41. The monoisotopic (exact) mass is 326 g/mol. The van der Waals surface area contributed by atoms with E-state index in [0.717, 1.165) is 5.39 Å². The molecular weight excluding hydrogens is 312 g/mol. The summed E-state index contributed by atoms with van der Waals surface area (Å²) in [5, 5.41) is 14.2. The Kier molecular flexibility index (Phi) is 3.91. The molecule has 24 heavy (non-hydrogen) atoms. The van der Waals surface area contributed by atoms with Gasteiger partial charge in [-0.3, -0.25) is 14.9 Å². The number of nitro groups is 1. The zero-order valence-corrected chi connectivity index (χ0v) is 13.0. The molecule has 7 heteroatoms.